The number of esters is 1. The van der Waals surface area contributed by atoms with E-state index in [1.807, 2.05) is 0 Å². The van der Waals surface area contributed by atoms with Crippen molar-refractivity contribution in [2.45, 2.75) is 45.8 Å². The first-order valence-corrected chi connectivity index (χ1v) is 7.65. The first-order valence-electron chi connectivity index (χ1n) is 7.65. The average Bonchev–Trinajstić information content (AvgIpc) is 2.42. The molecule has 0 saturated carbocycles. The van der Waals surface area contributed by atoms with Gasteiger partial charge in [-0.15, -0.1) is 0 Å². The minimum atomic E-state index is -0.624. The fourth-order valence-electron chi connectivity index (χ4n) is 1.84. The normalized spacial score (nSPS) is 14.0. The third-order valence-corrected chi connectivity index (χ3v) is 2.81. The Bertz CT molecular complexity index is 356. The standard InChI is InChI=1S/C15H30N2O6/c1-6-22-13(18)7-11(8-16)12(9-21-10-20-5)17-14(19)23-15(2,3)4/h11-12H,6-10,16H2,1-5H3,(H,17,19). The SMILES string of the molecule is CCOC(=O)CC(CN)C(COCOC)NC(=O)OC(C)(C)C. The number of carbonyl (C=O) groups excluding carboxylic acids is 2. The molecular weight excluding hydrogens is 304 g/mol. The van der Waals surface area contributed by atoms with E-state index in [4.69, 9.17) is 24.7 Å². The summed E-state index contributed by atoms with van der Waals surface area (Å²) >= 11 is 0. The van der Waals surface area contributed by atoms with Gasteiger partial charge in [0.05, 0.1) is 25.7 Å². The smallest absolute Gasteiger partial charge is 0.407 e. The molecule has 0 aromatic carbocycles. The van der Waals surface area contributed by atoms with Crippen LogP contribution < -0.4 is 11.1 Å². The molecule has 0 aromatic heterocycles. The maximum absolute atomic E-state index is 12.0. The van der Waals surface area contributed by atoms with E-state index in [1.165, 1.54) is 7.11 Å². The summed E-state index contributed by atoms with van der Waals surface area (Å²) in [5.74, 6) is -0.705. The lowest BCUT2D eigenvalue weighted by atomic mass is 9.97. The van der Waals surface area contributed by atoms with E-state index in [1.54, 1.807) is 27.7 Å². The molecule has 2 unspecified atom stereocenters. The summed E-state index contributed by atoms with van der Waals surface area (Å²) < 4.78 is 20.3. The van der Waals surface area contributed by atoms with Crippen molar-refractivity contribution in [1.82, 2.24) is 5.32 Å². The monoisotopic (exact) mass is 334 g/mol. The van der Waals surface area contributed by atoms with Crippen molar-refractivity contribution in [3.05, 3.63) is 0 Å². The maximum Gasteiger partial charge on any atom is 0.407 e. The van der Waals surface area contributed by atoms with E-state index in [9.17, 15) is 9.59 Å². The van der Waals surface area contributed by atoms with Crippen LogP contribution in [-0.4, -0.2) is 57.4 Å². The van der Waals surface area contributed by atoms with Gasteiger partial charge in [0.1, 0.15) is 12.4 Å². The van der Waals surface area contributed by atoms with Crippen LogP contribution >= 0.6 is 0 Å². The van der Waals surface area contributed by atoms with Crippen molar-refractivity contribution in [3.63, 3.8) is 0 Å². The van der Waals surface area contributed by atoms with Gasteiger partial charge in [0, 0.05) is 13.0 Å². The third-order valence-electron chi connectivity index (χ3n) is 2.81. The molecule has 0 aliphatic carbocycles. The van der Waals surface area contributed by atoms with Crippen molar-refractivity contribution in [2.24, 2.45) is 11.7 Å². The number of methoxy groups -OCH3 is 1. The van der Waals surface area contributed by atoms with E-state index in [2.05, 4.69) is 5.32 Å². The Morgan fingerprint density at radius 1 is 1.26 bits per heavy atom. The molecule has 0 bridgehead atoms. The van der Waals surface area contributed by atoms with E-state index < -0.39 is 17.7 Å². The second-order valence-electron chi connectivity index (χ2n) is 6.03. The van der Waals surface area contributed by atoms with Gasteiger partial charge in [-0.1, -0.05) is 0 Å². The summed E-state index contributed by atoms with van der Waals surface area (Å²) in [6, 6.07) is -0.491. The van der Waals surface area contributed by atoms with Crippen LogP contribution in [0.2, 0.25) is 0 Å². The average molecular weight is 334 g/mol. The molecule has 3 N–H and O–H groups in total. The molecule has 0 heterocycles. The topological polar surface area (TPSA) is 109 Å². The molecular formula is C15H30N2O6. The molecule has 1 amide bonds. The molecule has 0 rings (SSSR count). The number of amides is 1. The fourth-order valence-corrected chi connectivity index (χ4v) is 1.84. The van der Waals surface area contributed by atoms with Crippen molar-refractivity contribution in [1.29, 1.82) is 0 Å². The molecule has 0 spiro atoms. The predicted molar refractivity (Wildman–Crippen MR) is 84.8 cm³/mol. The predicted octanol–water partition coefficient (Wildman–Crippen LogP) is 1.03. The first-order chi connectivity index (χ1) is 10.7. The van der Waals surface area contributed by atoms with Crippen LogP contribution in [0.4, 0.5) is 4.79 Å². The third kappa shape index (κ3) is 10.9. The quantitative estimate of drug-likeness (QED) is 0.349. The molecule has 2 atom stereocenters. The van der Waals surface area contributed by atoms with Crippen LogP contribution in [0.1, 0.15) is 34.1 Å². The van der Waals surface area contributed by atoms with Crippen LogP contribution in [0.15, 0.2) is 0 Å². The van der Waals surface area contributed by atoms with Gasteiger partial charge in [-0.3, -0.25) is 4.79 Å². The number of ether oxygens (including phenoxy) is 4. The summed E-state index contributed by atoms with van der Waals surface area (Å²) in [5, 5.41) is 2.70. The Kier molecular flexibility index (Phi) is 10.5. The van der Waals surface area contributed by atoms with E-state index >= 15 is 0 Å². The fraction of sp³-hybridized carbons (Fsp3) is 0.867. The lowest BCUT2D eigenvalue weighted by Gasteiger charge is -2.28. The first kappa shape index (κ1) is 21.6. The van der Waals surface area contributed by atoms with E-state index in [0.29, 0.717) is 6.61 Å². The lowest BCUT2D eigenvalue weighted by molar-refractivity contribution is -0.144. The maximum atomic E-state index is 12.0. The van der Waals surface area contributed by atoms with Gasteiger partial charge in [-0.2, -0.15) is 0 Å². The van der Waals surface area contributed by atoms with Crippen molar-refractivity contribution in [3.8, 4) is 0 Å². The minimum absolute atomic E-state index is 0.0726. The van der Waals surface area contributed by atoms with Gasteiger partial charge in [-0.05, 0) is 34.2 Å². The number of alkyl carbamates (subject to hydrolysis) is 1. The van der Waals surface area contributed by atoms with Gasteiger partial charge in [-0.25, -0.2) is 4.79 Å². The Balaban J connectivity index is 4.79. The Morgan fingerprint density at radius 3 is 2.39 bits per heavy atom. The summed E-state index contributed by atoms with van der Waals surface area (Å²) in [4.78, 5) is 23.6. The van der Waals surface area contributed by atoms with Crippen molar-refractivity contribution >= 4 is 12.1 Å². The van der Waals surface area contributed by atoms with Crippen molar-refractivity contribution in [2.75, 3.05) is 33.7 Å². The molecule has 8 heteroatoms. The largest absolute Gasteiger partial charge is 0.466 e. The number of rotatable bonds is 10. The summed E-state index contributed by atoms with van der Waals surface area (Å²) in [7, 11) is 1.50. The van der Waals surface area contributed by atoms with Gasteiger partial charge in [0.2, 0.25) is 0 Å². The Hall–Kier alpha value is -1.38. The number of hydrogen-bond acceptors (Lipinski definition) is 7. The van der Waals surface area contributed by atoms with Crippen molar-refractivity contribution < 1.29 is 28.5 Å². The van der Waals surface area contributed by atoms with Gasteiger partial charge in [0.25, 0.3) is 0 Å². The zero-order valence-corrected chi connectivity index (χ0v) is 14.7. The number of nitrogens with one attached hydrogen (secondary N) is 1. The second kappa shape index (κ2) is 11.2. The van der Waals surface area contributed by atoms with Gasteiger partial charge in [0.15, 0.2) is 0 Å². The number of hydrogen-bond donors (Lipinski definition) is 2. The molecule has 136 valence electrons. The van der Waals surface area contributed by atoms with Gasteiger partial charge >= 0.3 is 12.1 Å². The Labute approximate surface area is 138 Å². The molecule has 23 heavy (non-hydrogen) atoms. The highest BCUT2D eigenvalue weighted by Gasteiger charge is 2.27. The number of nitrogens with two attached hydrogens (primary N) is 1. The van der Waals surface area contributed by atoms with Crippen LogP contribution in [0, 0.1) is 5.92 Å². The summed E-state index contributed by atoms with van der Waals surface area (Å²) in [5.41, 5.74) is 5.11. The van der Waals surface area contributed by atoms with Crippen LogP contribution in [0.25, 0.3) is 0 Å². The minimum Gasteiger partial charge on any atom is -0.466 e. The van der Waals surface area contributed by atoms with E-state index in [-0.39, 0.29) is 38.3 Å². The highest BCUT2D eigenvalue weighted by molar-refractivity contribution is 5.70. The Morgan fingerprint density at radius 2 is 1.91 bits per heavy atom. The number of carbonyl (C=O) groups is 2. The summed E-state index contributed by atoms with van der Waals surface area (Å²) in [6.45, 7) is 7.73. The second-order valence-corrected chi connectivity index (χ2v) is 6.03. The zero-order chi connectivity index (χ0) is 17.9. The van der Waals surface area contributed by atoms with Crippen LogP contribution in [-0.2, 0) is 23.7 Å². The molecule has 0 radical (unpaired) electrons. The van der Waals surface area contributed by atoms with E-state index in [0.717, 1.165) is 0 Å². The lowest BCUT2D eigenvalue weighted by Crippen LogP contribution is -2.48. The molecule has 0 aliphatic rings. The van der Waals surface area contributed by atoms with Gasteiger partial charge < -0.3 is 30.0 Å². The zero-order valence-electron chi connectivity index (χ0n) is 14.7. The molecule has 0 aliphatic heterocycles. The molecule has 8 nitrogen and oxygen atoms in total. The highest BCUT2D eigenvalue weighted by atomic mass is 16.7. The highest BCUT2D eigenvalue weighted by Crippen LogP contribution is 2.12. The molecule has 0 saturated heterocycles. The molecule has 0 aromatic rings. The van der Waals surface area contributed by atoms with Crippen LogP contribution in [0.3, 0.4) is 0 Å². The summed E-state index contributed by atoms with van der Waals surface area (Å²) in [6.07, 6.45) is -0.507. The van der Waals surface area contributed by atoms with Crippen LogP contribution in [0.5, 0.6) is 0 Å². The molecule has 0 fully saturated rings.